The number of nitrogens with zero attached hydrogens (tertiary/aromatic N) is 3. The lowest BCUT2D eigenvalue weighted by atomic mass is 9.78. The summed E-state index contributed by atoms with van der Waals surface area (Å²) in [5.41, 5.74) is 4.98. The first-order chi connectivity index (χ1) is 20.8. The van der Waals surface area contributed by atoms with Gasteiger partial charge in [-0.1, -0.05) is 29.3 Å². The molecule has 0 atom stereocenters. The molecule has 0 aliphatic carbocycles. The van der Waals surface area contributed by atoms with Crippen LogP contribution >= 0.6 is 23.2 Å². The van der Waals surface area contributed by atoms with E-state index in [0.29, 0.717) is 16.0 Å². The van der Waals surface area contributed by atoms with Crippen molar-refractivity contribution in [2.24, 2.45) is 17.8 Å². The number of methoxy groups -OCH3 is 1. The maximum atomic E-state index is 11.3. The van der Waals surface area contributed by atoms with E-state index in [9.17, 15) is 4.79 Å². The minimum Gasteiger partial charge on any atom is -0.383 e. The quantitative estimate of drug-likeness (QED) is 0.305. The Labute approximate surface area is 269 Å². The van der Waals surface area contributed by atoms with Gasteiger partial charge in [0.15, 0.2) is 0 Å². The highest BCUT2D eigenvalue weighted by Crippen LogP contribution is 2.34. The fourth-order valence-corrected chi connectivity index (χ4v) is 7.96. The number of ether oxygens (including phenoxy) is 1. The van der Waals surface area contributed by atoms with Crippen molar-refractivity contribution >= 4 is 29.1 Å². The Morgan fingerprint density at radius 3 is 1.74 bits per heavy atom. The summed E-state index contributed by atoms with van der Waals surface area (Å²) in [7, 11) is 1.80. The molecule has 3 aliphatic heterocycles. The first kappa shape index (κ1) is 32.7. The second kappa shape index (κ2) is 16.1. The SMILES string of the molecule is COCCN1CCC(C2CCN(Cc3cc(CN4CCC(CNC(C)=O)CC4)cc(-c4cc(Cl)cc(Cl)c4)c3)CC2)CC1. The molecule has 2 aromatic carbocycles. The van der Waals surface area contributed by atoms with Gasteiger partial charge >= 0.3 is 0 Å². The van der Waals surface area contributed by atoms with E-state index in [-0.39, 0.29) is 5.91 Å². The number of nitrogens with one attached hydrogen (secondary N) is 1. The minimum absolute atomic E-state index is 0.0659. The van der Waals surface area contributed by atoms with Gasteiger partial charge in [-0.15, -0.1) is 0 Å². The summed E-state index contributed by atoms with van der Waals surface area (Å²) >= 11 is 12.8. The van der Waals surface area contributed by atoms with E-state index < -0.39 is 0 Å². The standard InChI is InChI=1S/C35H50Cl2N4O2/c1-26(42)38-23-27-3-9-40(10-4-27)24-28-17-29(19-32(18-28)33-20-34(36)22-35(37)21-33)25-41-13-7-31(8-14-41)30-5-11-39(12-6-30)15-16-43-2/h17-22,27,30-31H,3-16,23-25H2,1-2H3,(H,38,42). The number of piperidine rings is 3. The van der Waals surface area contributed by atoms with Crippen molar-refractivity contribution in [3.8, 4) is 11.1 Å². The Hall–Kier alpha value is -1.67. The molecule has 236 valence electrons. The van der Waals surface area contributed by atoms with Crippen LogP contribution in [0, 0.1) is 17.8 Å². The van der Waals surface area contributed by atoms with Crippen molar-refractivity contribution in [2.75, 3.05) is 66.1 Å². The Morgan fingerprint density at radius 2 is 1.23 bits per heavy atom. The Morgan fingerprint density at radius 1 is 0.744 bits per heavy atom. The zero-order valence-electron chi connectivity index (χ0n) is 26.1. The molecule has 3 fully saturated rings. The Balaban J connectivity index is 1.21. The average Bonchev–Trinajstić information content (AvgIpc) is 3.00. The summed E-state index contributed by atoms with van der Waals surface area (Å²) in [6, 6.07) is 12.9. The van der Waals surface area contributed by atoms with Crippen molar-refractivity contribution in [1.29, 1.82) is 0 Å². The van der Waals surface area contributed by atoms with Gasteiger partial charge in [0.05, 0.1) is 6.61 Å². The Kier molecular flexibility index (Phi) is 12.2. The molecule has 0 aromatic heterocycles. The van der Waals surface area contributed by atoms with Crippen molar-refractivity contribution in [3.63, 3.8) is 0 Å². The summed E-state index contributed by atoms with van der Waals surface area (Å²) in [6.45, 7) is 13.2. The highest BCUT2D eigenvalue weighted by molar-refractivity contribution is 6.35. The lowest BCUT2D eigenvalue weighted by Crippen LogP contribution is -2.41. The second-order valence-electron chi connectivity index (χ2n) is 13.1. The molecular formula is C35H50Cl2N4O2. The van der Waals surface area contributed by atoms with Gasteiger partial charge in [0, 0.05) is 50.3 Å². The van der Waals surface area contributed by atoms with Crippen LogP contribution in [0.25, 0.3) is 11.1 Å². The van der Waals surface area contributed by atoms with Crippen LogP contribution in [0.4, 0.5) is 0 Å². The minimum atomic E-state index is 0.0659. The molecule has 3 heterocycles. The van der Waals surface area contributed by atoms with E-state index in [1.165, 1.54) is 68.6 Å². The molecular weight excluding hydrogens is 579 g/mol. The van der Waals surface area contributed by atoms with Gasteiger partial charge in [0.2, 0.25) is 5.91 Å². The second-order valence-corrected chi connectivity index (χ2v) is 14.0. The molecule has 6 nitrogen and oxygen atoms in total. The van der Waals surface area contributed by atoms with Gasteiger partial charge in [-0.3, -0.25) is 14.6 Å². The summed E-state index contributed by atoms with van der Waals surface area (Å²) < 4.78 is 5.28. The van der Waals surface area contributed by atoms with E-state index in [4.69, 9.17) is 27.9 Å². The van der Waals surface area contributed by atoms with Crippen LogP contribution < -0.4 is 5.32 Å². The number of carbonyl (C=O) groups excluding carboxylic acids is 1. The summed E-state index contributed by atoms with van der Waals surface area (Å²) in [4.78, 5) is 19.1. The number of hydrogen-bond donors (Lipinski definition) is 1. The molecule has 0 saturated carbocycles. The van der Waals surface area contributed by atoms with E-state index in [1.807, 2.05) is 12.1 Å². The third-order valence-corrected chi connectivity index (χ3v) is 10.4. The first-order valence-electron chi connectivity index (χ1n) is 16.3. The molecule has 5 rings (SSSR count). The fourth-order valence-electron chi connectivity index (χ4n) is 7.44. The molecule has 0 bridgehead atoms. The van der Waals surface area contributed by atoms with Crippen LogP contribution in [0.15, 0.2) is 36.4 Å². The van der Waals surface area contributed by atoms with Crippen molar-refractivity contribution in [1.82, 2.24) is 20.0 Å². The third kappa shape index (κ3) is 9.91. The van der Waals surface area contributed by atoms with Gasteiger partial charge in [-0.2, -0.15) is 0 Å². The normalized spacial score (nSPS) is 20.5. The molecule has 3 saturated heterocycles. The predicted octanol–water partition coefficient (Wildman–Crippen LogP) is 6.58. The molecule has 2 aromatic rings. The van der Waals surface area contributed by atoms with E-state index >= 15 is 0 Å². The van der Waals surface area contributed by atoms with Crippen LogP contribution in [0.5, 0.6) is 0 Å². The number of likely N-dealkylation sites (tertiary alicyclic amines) is 3. The lowest BCUT2D eigenvalue weighted by molar-refractivity contribution is -0.119. The van der Waals surface area contributed by atoms with Gasteiger partial charge in [-0.05, 0) is 148 Å². The van der Waals surface area contributed by atoms with Crippen LogP contribution in [-0.2, 0) is 22.6 Å². The average molecular weight is 630 g/mol. The zero-order valence-corrected chi connectivity index (χ0v) is 27.6. The number of amides is 1. The number of carbonyl (C=O) groups is 1. The van der Waals surface area contributed by atoms with Gasteiger partial charge in [0.1, 0.15) is 0 Å². The number of halogens is 2. The first-order valence-corrected chi connectivity index (χ1v) is 17.1. The van der Waals surface area contributed by atoms with E-state index in [1.54, 1.807) is 20.1 Å². The summed E-state index contributed by atoms with van der Waals surface area (Å²) in [5.74, 6) is 2.38. The summed E-state index contributed by atoms with van der Waals surface area (Å²) in [6.07, 6.45) is 7.55. The van der Waals surface area contributed by atoms with Gasteiger partial charge in [-0.25, -0.2) is 0 Å². The zero-order chi connectivity index (χ0) is 30.2. The van der Waals surface area contributed by atoms with Crippen molar-refractivity contribution in [2.45, 2.75) is 58.5 Å². The third-order valence-electron chi connectivity index (χ3n) is 9.95. The highest BCUT2D eigenvalue weighted by Gasteiger charge is 2.29. The van der Waals surface area contributed by atoms with E-state index in [2.05, 4.69) is 38.2 Å². The topological polar surface area (TPSA) is 48.1 Å². The highest BCUT2D eigenvalue weighted by atomic mass is 35.5. The van der Waals surface area contributed by atoms with Gasteiger partial charge in [0.25, 0.3) is 0 Å². The van der Waals surface area contributed by atoms with Crippen molar-refractivity contribution in [3.05, 3.63) is 57.6 Å². The van der Waals surface area contributed by atoms with Crippen LogP contribution in [0.3, 0.4) is 0 Å². The summed E-state index contributed by atoms with van der Waals surface area (Å²) in [5, 5.41) is 4.34. The largest absolute Gasteiger partial charge is 0.383 e. The maximum absolute atomic E-state index is 11.3. The molecule has 0 unspecified atom stereocenters. The van der Waals surface area contributed by atoms with Crippen LogP contribution in [-0.4, -0.2) is 86.7 Å². The van der Waals surface area contributed by atoms with Gasteiger partial charge < -0.3 is 15.0 Å². The van der Waals surface area contributed by atoms with Crippen LogP contribution in [0.2, 0.25) is 10.0 Å². The predicted molar refractivity (Wildman–Crippen MR) is 178 cm³/mol. The Bertz CT molecular complexity index is 1170. The molecule has 43 heavy (non-hydrogen) atoms. The fraction of sp³-hybridized carbons (Fsp3) is 0.629. The number of benzene rings is 2. The number of hydrogen-bond acceptors (Lipinski definition) is 5. The van der Waals surface area contributed by atoms with Crippen LogP contribution in [0.1, 0.15) is 56.6 Å². The molecule has 8 heteroatoms. The van der Waals surface area contributed by atoms with E-state index in [0.717, 1.165) is 76.1 Å². The lowest BCUT2D eigenvalue weighted by Gasteiger charge is -2.40. The monoisotopic (exact) mass is 628 g/mol. The smallest absolute Gasteiger partial charge is 0.216 e. The molecule has 3 aliphatic rings. The molecule has 1 N–H and O–H groups in total. The molecule has 0 radical (unpaired) electrons. The molecule has 0 spiro atoms. The van der Waals surface area contributed by atoms with Crippen molar-refractivity contribution < 1.29 is 9.53 Å². The maximum Gasteiger partial charge on any atom is 0.216 e. The molecule has 1 amide bonds. The number of rotatable bonds is 11.